The van der Waals surface area contributed by atoms with Crippen molar-refractivity contribution in [2.45, 2.75) is 58.4 Å². The van der Waals surface area contributed by atoms with Crippen LogP contribution in [0.1, 0.15) is 52.4 Å². The molecule has 1 aliphatic rings. The smallest absolute Gasteiger partial charge is 0.317 e. The molecule has 3 atom stereocenters. The van der Waals surface area contributed by atoms with Crippen LogP contribution < -0.4 is 5.32 Å². The van der Waals surface area contributed by atoms with Crippen LogP contribution in [-0.2, 0) is 4.79 Å². The molecule has 1 aliphatic carbocycles. The van der Waals surface area contributed by atoms with Crippen molar-refractivity contribution >= 4 is 12.0 Å². The molecule has 1 saturated carbocycles. The first kappa shape index (κ1) is 16.8. The molecule has 0 aromatic rings. The van der Waals surface area contributed by atoms with E-state index in [2.05, 4.69) is 12.2 Å². The van der Waals surface area contributed by atoms with Crippen molar-refractivity contribution < 1.29 is 14.7 Å². The molecule has 1 rings (SSSR count). The van der Waals surface area contributed by atoms with Gasteiger partial charge in [-0.1, -0.05) is 33.1 Å². The van der Waals surface area contributed by atoms with Gasteiger partial charge in [-0.15, -0.1) is 0 Å². The first-order valence-corrected chi connectivity index (χ1v) is 7.70. The Balaban J connectivity index is 2.46. The fourth-order valence-corrected chi connectivity index (χ4v) is 3.02. The molecule has 0 saturated heterocycles. The summed E-state index contributed by atoms with van der Waals surface area (Å²) in [6.07, 6.45) is 6.02. The number of hydrogen-bond acceptors (Lipinski definition) is 2. The van der Waals surface area contributed by atoms with Gasteiger partial charge in [-0.05, 0) is 25.2 Å². The summed E-state index contributed by atoms with van der Waals surface area (Å²) >= 11 is 0. The monoisotopic (exact) mass is 284 g/mol. The summed E-state index contributed by atoms with van der Waals surface area (Å²) in [5, 5.41) is 11.9. The number of carboxylic acids is 1. The highest BCUT2D eigenvalue weighted by Gasteiger charge is 2.28. The van der Waals surface area contributed by atoms with E-state index in [0.717, 1.165) is 19.3 Å². The van der Waals surface area contributed by atoms with Crippen LogP contribution in [0.5, 0.6) is 0 Å². The molecule has 2 N–H and O–H groups in total. The van der Waals surface area contributed by atoms with Crippen molar-refractivity contribution in [3.8, 4) is 0 Å². The van der Waals surface area contributed by atoms with Gasteiger partial charge < -0.3 is 15.3 Å². The zero-order valence-electron chi connectivity index (χ0n) is 12.9. The predicted octanol–water partition coefficient (Wildman–Crippen LogP) is 2.71. The van der Waals surface area contributed by atoms with Crippen molar-refractivity contribution in [2.24, 2.45) is 11.8 Å². The Morgan fingerprint density at radius 3 is 2.55 bits per heavy atom. The highest BCUT2D eigenvalue weighted by Crippen LogP contribution is 2.27. The number of nitrogens with one attached hydrogen (secondary N) is 1. The third-order valence-electron chi connectivity index (χ3n) is 4.37. The average molecular weight is 284 g/mol. The topological polar surface area (TPSA) is 69.6 Å². The van der Waals surface area contributed by atoms with Crippen molar-refractivity contribution in [3.63, 3.8) is 0 Å². The number of carbonyl (C=O) groups is 2. The number of carboxylic acid groups (broad SMARTS) is 1. The van der Waals surface area contributed by atoms with E-state index in [1.807, 2.05) is 14.0 Å². The van der Waals surface area contributed by atoms with Crippen LogP contribution in [0.3, 0.4) is 0 Å². The Labute approximate surface area is 121 Å². The number of amides is 2. The standard InChI is InChI=1S/C15H28N2O3/c1-4-7-12(14(18)19)10-16-15(20)17(3)13-9-6-5-8-11(13)2/h11-13H,4-10H2,1-3H3,(H,16,20)(H,18,19). The summed E-state index contributed by atoms with van der Waals surface area (Å²) in [5.74, 6) is -0.799. The highest BCUT2D eigenvalue weighted by molar-refractivity contribution is 5.76. The van der Waals surface area contributed by atoms with E-state index in [1.165, 1.54) is 12.8 Å². The van der Waals surface area contributed by atoms with Gasteiger partial charge in [-0.2, -0.15) is 0 Å². The minimum absolute atomic E-state index is 0.147. The SMILES string of the molecule is CCCC(CNC(=O)N(C)C1CCCCC1C)C(=O)O. The molecular formula is C15H28N2O3. The third kappa shape index (κ3) is 4.69. The van der Waals surface area contributed by atoms with Crippen molar-refractivity contribution in [3.05, 3.63) is 0 Å². The normalized spacial score (nSPS) is 23.9. The van der Waals surface area contributed by atoms with Gasteiger partial charge >= 0.3 is 12.0 Å². The summed E-state index contributed by atoms with van der Waals surface area (Å²) in [5.41, 5.74) is 0. The van der Waals surface area contributed by atoms with E-state index < -0.39 is 11.9 Å². The Hall–Kier alpha value is -1.26. The van der Waals surface area contributed by atoms with Crippen LogP contribution in [-0.4, -0.2) is 41.6 Å². The second-order valence-electron chi connectivity index (χ2n) is 5.95. The lowest BCUT2D eigenvalue weighted by Gasteiger charge is -2.36. The van der Waals surface area contributed by atoms with Crippen molar-refractivity contribution in [1.29, 1.82) is 0 Å². The molecule has 20 heavy (non-hydrogen) atoms. The summed E-state index contributed by atoms with van der Waals surface area (Å²) in [6, 6.07) is 0.129. The molecule has 1 fully saturated rings. The number of hydrogen-bond donors (Lipinski definition) is 2. The zero-order chi connectivity index (χ0) is 15.1. The molecule has 5 heteroatoms. The van der Waals surface area contributed by atoms with Crippen LogP contribution in [0.2, 0.25) is 0 Å². The molecule has 0 aromatic carbocycles. The first-order chi connectivity index (χ1) is 9.47. The predicted molar refractivity (Wildman–Crippen MR) is 78.6 cm³/mol. The molecule has 0 aromatic heterocycles. The highest BCUT2D eigenvalue weighted by atomic mass is 16.4. The zero-order valence-corrected chi connectivity index (χ0v) is 12.9. The van der Waals surface area contributed by atoms with E-state index in [0.29, 0.717) is 12.3 Å². The number of rotatable bonds is 6. The molecule has 0 radical (unpaired) electrons. The largest absolute Gasteiger partial charge is 0.481 e. The maximum absolute atomic E-state index is 12.1. The second kappa shape index (κ2) is 8.12. The maximum Gasteiger partial charge on any atom is 0.317 e. The summed E-state index contributed by atoms with van der Waals surface area (Å²) in [4.78, 5) is 25.0. The lowest BCUT2D eigenvalue weighted by molar-refractivity contribution is -0.141. The number of carbonyl (C=O) groups excluding carboxylic acids is 1. The number of aliphatic carboxylic acids is 1. The molecule has 2 amide bonds. The molecular weight excluding hydrogens is 256 g/mol. The molecule has 3 unspecified atom stereocenters. The van der Waals surface area contributed by atoms with Gasteiger partial charge in [0.25, 0.3) is 0 Å². The Kier molecular flexibility index (Phi) is 6.82. The summed E-state index contributed by atoms with van der Waals surface area (Å²) in [6.45, 7) is 4.35. The Morgan fingerprint density at radius 1 is 1.35 bits per heavy atom. The average Bonchev–Trinajstić information content (AvgIpc) is 2.42. The van der Waals surface area contributed by atoms with Crippen LogP contribution in [0.15, 0.2) is 0 Å². The molecule has 0 bridgehead atoms. The fraction of sp³-hybridized carbons (Fsp3) is 0.867. The van der Waals surface area contributed by atoms with Crippen molar-refractivity contribution in [1.82, 2.24) is 10.2 Å². The number of urea groups is 1. The first-order valence-electron chi connectivity index (χ1n) is 7.70. The molecule has 0 spiro atoms. The van der Waals surface area contributed by atoms with Crippen LogP contribution in [0.4, 0.5) is 4.79 Å². The Morgan fingerprint density at radius 2 is 2.00 bits per heavy atom. The number of nitrogens with zero attached hydrogens (tertiary/aromatic N) is 1. The lowest BCUT2D eigenvalue weighted by Crippen LogP contribution is -2.48. The lowest BCUT2D eigenvalue weighted by atomic mass is 9.85. The molecule has 0 heterocycles. The maximum atomic E-state index is 12.1. The van der Waals surface area contributed by atoms with E-state index in [-0.39, 0.29) is 18.6 Å². The second-order valence-corrected chi connectivity index (χ2v) is 5.95. The van der Waals surface area contributed by atoms with Gasteiger partial charge in [-0.25, -0.2) is 4.79 Å². The minimum Gasteiger partial charge on any atom is -0.481 e. The minimum atomic E-state index is -0.833. The van der Waals surface area contributed by atoms with E-state index in [4.69, 9.17) is 5.11 Å². The van der Waals surface area contributed by atoms with Crippen molar-refractivity contribution in [2.75, 3.05) is 13.6 Å². The summed E-state index contributed by atoms with van der Waals surface area (Å²) in [7, 11) is 1.82. The van der Waals surface area contributed by atoms with Gasteiger partial charge in [0.1, 0.15) is 0 Å². The van der Waals surface area contributed by atoms with Crippen LogP contribution >= 0.6 is 0 Å². The quantitative estimate of drug-likeness (QED) is 0.788. The van der Waals surface area contributed by atoms with Gasteiger partial charge in [0.2, 0.25) is 0 Å². The molecule has 0 aliphatic heterocycles. The summed E-state index contributed by atoms with van der Waals surface area (Å²) < 4.78 is 0. The Bertz CT molecular complexity index is 333. The van der Waals surface area contributed by atoms with E-state index in [9.17, 15) is 9.59 Å². The molecule has 116 valence electrons. The van der Waals surface area contributed by atoms with E-state index in [1.54, 1.807) is 4.90 Å². The van der Waals surface area contributed by atoms with Gasteiger partial charge in [0, 0.05) is 19.6 Å². The van der Waals surface area contributed by atoms with E-state index >= 15 is 0 Å². The van der Waals surface area contributed by atoms with Gasteiger partial charge in [-0.3, -0.25) is 4.79 Å². The molecule has 5 nitrogen and oxygen atoms in total. The van der Waals surface area contributed by atoms with Crippen LogP contribution in [0.25, 0.3) is 0 Å². The fourth-order valence-electron chi connectivity index (χ4n) is 3.02. The van der Waals surface area contributed by atoms with Gasteiger partial charge in [0.15, 0.2) is 0 Å². The van der Waals surface area contributed by atoms with Crippen LogP contribution in [0, 0.1) is 11.8 Å². The third-order valence-corrected chi connectivity index (χ3v) is 4.37. The van der Waals surface area contributed by atoms with Gasteiger partial charge in [0.05, 0.1) is 5.92 Å².